The van der Waals surface area contributed by atoms with Crippen LogP contribution in [0.15, 0.2) is 72.8 Å². The molecule has 8 rings (SSSR count). The lowest BCUT2D eigenvalue weighted by atomic mass is 9.86. The largest absolute Gasteiger partial charge is 0.490 e. The van der Waals surface area contributed by atoms with E-state index in [4.69, 9.17) is 25.0 Å². The number of likely N-dealkylation sites (N-methyl/N-ethyl adjacent to an activating group) is 1. The second-order valence-corrected chi connectivity index (χ2v) is 16.0. The molecular weight excluding hydrogens is 797 g/mol. The number of imide groups is 2. The van der Waals surface area contributed by atoms with Crippen molar-refractivity contribution in [2.75, 3.05) is 64.9 Å². The first-order valence-electron chi connectivity index (χ1n) is 21.1. The lowest BCUT2D eigenvalue weighted by molar-refractivity contribution is -0.136. The van der Waals surface area contributed by atoms with Crippen molar-refractivity contribution in [3.63, 3.8) is 0 Å². The summed E-state index contributed by atoms with van der Waals surface area (Å²) in [6, 6.07) is 20.7. The molecular formula is C45H50N8O9. The maximum atomic E-state index is 13.3. The number of ether oxygens (including phenoxy) is 3. The van der Waals surface area contributed by atoms with Gasteiger partial charge in [-0.05, 0) is 87.2 Å². The van der Waals surface area contributed by atoms with Crippen molar-refractivity contribution < 1.29 is 43.0 Å². The van der Waals surface area contributed by atoms with E-state index in [0.717, 1.165) is 35.5 Å². The predicted molar refractivity (Wildman–Crippen MR) is 226 cm³/mol. The van der Waals surface area contributed by atoms with Gasteiger partial charge in [0.15, 0.2) is 0 Å². The Morgan fingerprint density at radius 2 is 1.61 bits per heavy atom. The third kappa shape index (κ3) is 8.90. The Balaban J connectivity index is 0.765. The maximum absolute atomic E-state index is 13.3. The smallest absolute Gasteiger partial charge is 0.266 e. The highest BCUT2D eigenvalue weighted by atomic mass is 16.5. The highest BCUT2D eigenvalue weighted by Gasteiger charge is 2.46. The van der Waals surface area contributed by atoms with Gasteiger partial charge in [0.05, 0.1) is 30.4 Å². The number of nitrogens with one attached hydrogen (secondary N) is 2. The molecule has 6 amide bonds. The maximum Gasteiger partial charge on any atom is 0.266 e. The lowest BCUT2D eigenvalue weighted by Crippen LogP contribution is -2.54. The molecule has 17 nitrogen and oxygen atoms in total. The zero-order valence-electron chi connectivity index (χ0n) is 34.5. The molecule has 4 aromatic rings. The van der Waals surface area contributed by atoms with Crippen molar-refractivity contribution in [1.82, 2.24) is 29.8 Å². The summed E-state index contributed by atoms with van der Waals surface area (Å²) in [5.41, 5.74) is 7.85. The molecule has 0 bridgehead atoms. The number of aromatic nitrogens is 2. The highest BCUT2D eigenvalue weighted by Crippen LogP contribution is 2.40. The average molecular weight is 847 g/mol. The Morgan fingerprint density at radius 3 is 2.35 bits per heavy atom. The Bertz CT molecular complexity index is 2340. The van der Waals surface area contributed by atoms with Gasteiger partial charge in [-0.1, -0.05) is 24.3 Å². The minimum absolute atomic E-state index is 0.0397. The lowest BCUT2D eigenvalue weighted by Gasteiger charge is -2.38. The summed E-state index contributed by atoms with van der Waals surface area (Å²) in [5, 5.41) is 10.5. The van der Waals surface area contributed by atoms with Gasteiger partial charge >= 0.3 is 0 Å². The van der Waals surface area contributed by atoms with Crippen molar-refractivity contribution in [1.29, 1.82) is 0 Å². The van der Waals surface area contributed by atoms with Crippen LogP contribution in [-0.2, 0) is 19.1 Å². The summed E-state index contributed by atoms with van der Waals surface area (Å²) < 4.78 is 19.5. The Labute approximate surface area is 358 Å². The first-order chi connectivity index (χ1) is 30.1. The predicted octanol–water partition coefficient (Wildman–Crippen LogP) is 3.86. The van der Waals surface area contributed by atoms with E-state index >= 15 is 0 Å². The molecule has 0 radical (unpaired) electrons. The van der Waals surface area contributed by atoms with Crippen LogP contribution in [0.25, 0.3) is 11.3 Å². The molecule has 2 saturated heterocycles. The standard InChI is InChI=1S/C45H50N8O9/c1-50(24-25-60-26-27-61-35-9-5-8-32-38(35)45(59)52(44(32)58)34-14-15-36(54)48-43(34)57)21-19-37(55)51-22-17-28(18-23-51)33-16-20-47-42-39(41(46)56)40(49-53(33)42)29-10-12-31(13-11-29)62-30-6-3-2-4-7-30/h2-13,28,33-34,47H,14-27H2,1H3,(H2,46,56)(H,48,54,57)/t33-,34?/m0/s1. The molecule has 4 aliphatic rings. The van der Waals surface area contributed by atoms with Crippen LogP contribution in [0.1, 0.15) is 75.6 Å². The quantitative estimate of drug-likeness (QED) is 0.109. The summed E-state index contributed by atoms with van der Waals surface area (Å²) in [5.74, 6) is -0.241. The summed E-state index contributed by atoms with van der Waals surface area (Å²) >= 11 is 0. The third-order valence-corrected chi connectivity index (χ3v) is 12.0. The molecule has 324 valence electrons. The molecule has 3 aromatic carbocycles. The topological polar surface area (TPSA) is 208 Å². The minimum Gasteiger partial charge on any atom is -0.490 e. The molecule has 0 aliphatic carbocycles. The number of nitrogens with two attached hydrogens (primary N) is 1. The van der Waals surface area contributed by atoms with Gasteiger partial charge in [0.2, 0.25) is 17.7 Å². The van der Waals surface area contributed by atoms with Crippen LogP contribution in [0, 0.1) is 5.92 Å². The van der Waals surface area contributed by atoms with E-state index in [9.17, 15) is 28.8 Å². The number of piperidine rings is 2. The van der Waals surface area contributed by atoms with E-state index in [0.29, 0.717) is 68.6 Å². The molecule has 2 atom stereocenters. The van der Waals surface area contributed by atoms with Crippen molar-refractivity contribution in [2.24, 2.45) is 11.7 Å². The zero-order chi connectivity index (χ0) is 43.3. The normalized spacial score (nSPS) is 18.9. The fourth-order valence-corrected chi connectivity index (χ4v) is 8.71. The number of carbonyl (C=O) groups is 6. The second kappa shape index (κ2) is 18.6. The van der Waals surface area contributed by atoms with Gasteiger partial charge in [0.1, 0.15) is 47.0 Å². The first kappa shape index (κ1) is 42.1. The number of rotatable bonds is 16. The second-order valence-electron chi connectivity index (χ2n) is 16.0. The van der Waals surface area contributed by atoms with Crippen LogP contribution < -0.4 is 25.8 Å². The van der Waals surface area contributed by atoms with Gasteiger partial charge in [0.25, 0.3) is 17.7 Å². The number of nitrogens with zero attached hydrogens (tertiary/aromatic N) is 5. The van der Waals surface area contributed by atoms with Gasteiger partial charge in [-0.25, -0.2) is 4.68 Å². The van der Waals surface area contributed by atoms with Gasteiger partial charge in [0, 0.05) is 51.1 Å². The van der Waals surface area contributed by atoms with Crippen LogP contribution in [0.5, 0.6) is 17.2 Å². The number of primary amides is 1. The summed E-state index contributed by atoms with van der Waals surface area (Å²) in [6.07, 6.45) is 2.98. The van der Waals surface area contributed by atoms with Crippen molar-refractivity contribution in [2.45, 2.75) is 50.6 Å². The fourth-order valence-electron chi connectivity index (χ4n) is 8.71. The molecule has 4 aliphatic heterocycles. The number of anilines is 1. The Hall–Kier alpha value is -6.59. The monoisotopic (exact) mass is 846 g/mol. The van der Waals surface area contributed by atoms with E-state index in [1.165, 1.54) is 6.07 Å². The summed E-state index contributed by atoms with van der Waals surface area (Å²) in [4.78, 5) is 81.3. The van der Waals surface area contributed by atoms with Crippen molar-refractivity contribution >= 4 is 41.3 Å². The third-order valence-electron chi connectivity index (χ3n) is 12.0. The number of benzene rings is 3. The Kier molecular flexibility index (Phi) is 12.6. The van der Waals surface area contributed by atoms with Crippen LogP contribution >= 0.6 is 0 Å². The van der Waals surface area contributed by atoms with E-state index in [1.54, 1.807) is 12.1 Å². The van der Waals surface area contributed by atoms with Gasteiger partial charge in [-0.2, -0.15) is 5.10 Å². The van der Waals surface area contributed by atoms with E-state index in [-0.39, 0.29) is 60.8 Å². The zero-order valence-corrected chi connectivity index (χ0v) is 34.5. The fraction of sp³-hybridized carbons (Fsp3) is 0.400. The van der Waals surface area contributed by atoms with Crippen molar-refractivity contribution in [3.8, 4) is 28.5 Å². The molecule has 0 saturated carbocycles. The van der Waals surface area contributed by atoms with E-state index in [2.05, 4.69) is 10.6 Å². The van der Waals surface area contributed by atoms with Crippen LogP contribution in [0.4, 0.5) is 5.82 Å². The molecule has 62 heavy (non-hydrogen) atoms. The SMILES string of the molecule is CN(CCOCCOc1cccc2c1C(=O)N(C1CCC(=O)NC1=O)C2=O)CCC(=O)N1CCC([C@@H]2CCNc3c(C(N)=O)c(-c4ccc(Oc5ccccc5)cc4)nn32)CC1. The number of fused-ring (bicyclic) bond motifs is 2. The van der Waals surface area contributed by atoms with Gasteiger partial charge in [-0.3, -0.25) is 39.0 Å². The van der Waals surface area contributed by atoms with E-state index < -0.39 is 35.6 Å². The molecule has 2 fully saturated rings. The number of likely N-dealkylation sites (tertiary alicyclic amines) is 1. The summed E-state index contributed by atoms with van der Waals surface area (Å²) in [7, 11) is 1.93. The van der Waals surface area contributed by atoms with Gasteiger partial charge in [-0.15, -0.1) is 0 Å². The van der Waals surface area contributed by atoms with Crippen LogP contribution in [-0.4, -0.2) is 126 Å². The number of carbonyl (C=O) groups excluding carboxylic acids is 6. The number of hydrogen-bond donors (Lipinski definition) is 3. The summed E-state index contributed by atoms with van der Waals surface area (Å²) in [6.45, 7) is 3.89. The highest BCUT2D eigenvalue weighted by molar-refractivity contribution is 6.24. The van der Waals surface area contributed by atoms with Crippen molar-refractivity contribution in [3.05, 3.63) is 89.5 Å². The molecule has 17 heteroatoms. The molecule has 1 aromatic heterocycles. The number of para-hydroxylation sites is 1. The molecule has 0 spiro atoms. The molecule has 4 N–H and O–H groups in total. The van der Waals surface area contributed by atoms with Gasteiger partial charge < -0.3 is 35.1 Å². The minimum atomic E-state index is -1.06. The average Bonchev–Trinajstić information content (AvgIpc) is 3.80. The number of hydrogen-bond acceptors (Lipinski definition) is 12. The van der Waals surface area contributed by atoms with Crippen LogP contribution in [0.3, 0.4) is 0 Å². The number of amides is 6. The molecule has 5 heterocycles. The van der Waals surface area contributed by atoms with Crippen LogP contribution in [0.2, 0.25) is 0 Å². The first-order valence-corrected chi connectivity index (χ1v) is 21.1. The van der Waals surface area contributed by atoms with E-state index in [1.807, 2.05) is 76.1 Å². The Morgan fingerprint density at radius 1 is 0.855 bits per heavy atom. The molecule has 1 unspecified atom stereocenters.